The van der Waals surface area contributed by atoms with Gasteiger partial charge in [0.25, 0.3) is 11.1 Å². The molecule has 1 amide bonds. The summed E-state index contributed by atoms with van der Waals surface area (Å²) in [6, 6.07) is 18.5. The van der Waals surface area contributed by atoms with Gasteiger partial charge < -0.3 is 14.5 Å². The molecule has 4 aromatic rings. The van der Waals surface area contributed by atoms with E-state index in [2.05, 4.69) is 10.3 Å². The molecule has 0 saturated heterocycles. The molecule has 4 rings (SSSR count). The van der Waals surface area contributed by atoms with Crippen molar-refractivity contribution in [3.8, 4) is 0 Å². The fourth-order valence-electron chi connectivity index (χ4n) is 3.00. The Bertz CT molecular complexity index is 1150. The first-order valence-corrected chi connectivity index (χ1v) is 11.5. The van der Waals surface area contributed by atoms with Crippen molar-refractivity contribution < 1.29 is 18.7 Å². The van der Waals surface area contributed by atoms with E-state index < -0.39 is 5.97 Å². The van der Waals surface area contributed by atoms with Gasteiger partial charge in [0.05, 0.1) is 11.6 Å². The van der Waals surface area contributed by atoms with Crippen LogP contribution in [0.5, 0.6) is 0 Å². The van der Waals surface area contributed by atoms with E-state index in [1.165, 1.54) is 11.8 Å². The van der Waals surface area contributed by atoms with Gasteiger partial charge in [-0.2, -0.15) is 0 Å². The van der Waals surface area contributed by atoms with Crippen molar-refractivity contribution in [1.29, 1.82) is 0 Å². The maximum Gasteiger partial charge on any atom is 0.338 e. The maximum absolute atomic E-state index is 12.6. The van der Waals surface area contributed by atoms with Crippen LogP contribution in [0.4, 0.5) is 0 Å². The number of oxazole rings is 1. The molecule has 2 aromatic carbocycles. The maximum atomic E-state index is 12.6. The standard InChI is InChI=1S/C23H20N2O4S2/c1-15(20-11-6-12-30-20)24-21(26)13-28-22(27)17-8-3-2-7-16(17)14-31-23-25-18-9-4-5-10-19(18)29-23/h2-12,15H,13-14H2,1H3,(H,24,26). The second-order valence-corrected chi connectivity index (χ2v) is 8.68. The third-order valence-electron chi connectivity index (χ3n) is 4.54. The number of thioether (sulfide) groups is 1. The van der Waals surface area contributed by atoms with E-state index in [1.807, 2.05) is 60.8 Å². The zero-order valence-corrected chi connectivity index (χ0v) is 18.4. The molecule has 0 bridgehead atoms. The number of carbonyl (C=O) groups is 2. The number of thiophene rings is 1. The number of carbonyl (C=O) groups excluding carboxylic acids is 2. The number of amides is 1. The topological polar surface area (TPSA) is 81.4 Å². The summed E-state index contributed by atoms with van der Waals surface area (Å²) in [5, 5.41) is 5.32. The first-order valence-electron chi connectivity index (χ1n) is 9.66. The smallest absolute Gasteiger partial charge is 0.338 e. The first kappa shape index (κ1) is 21.1. The number of esters is 1. The molecule has 158 valence electrons. The lowest BCUT2D eigenvalue weighted by molar-refractivity contribution is -0.124. The van der Waals surface area contributed by atoms with Crippen LogP contribution >= 0.6 is 23.1 Å². The second kappa shape index (κ2) is 9.80. The number of rotatable bonds is 8. The van der Waals surface area contributed by atoms with Gasteiger partial charge in [0.15, 0.2) is 12.2 Å². The summed E-state index contributed by atoms with van der Waals surface area (Å²) in [7, 11) is 0. The molecular formula is C23H20N2O4S2. The Balaban J connectivity index is 1.34. The molecule has 0 aliphatic rings. The van der Waals surface area contributed by atoms with Crippen LogP contribution in [-0.2, 0) is 15.3 Å². The predicted octanol–water partition coefficient (Wildman–Crippen LogP) is 5.22. The fourth-order valence-corrected chi connectivity index (χ4v) is 4.58. The molecule has 0 radical (unpaired) electrons. The summed E-state index contributed by atoms with van der Waals surface area (Å²) in [4.78, 5) is 30.2. The molecule has 8 heteroatoms. The highest BCUT2D eigenvalue weighted by molar-refractivity contribution is 7.98. The first-order chi connectivity index (χ1) is 15.1. The summed E-state index contributed by atoms with van der Waals surface area (Å²) in [5.41, 5.74) is 2.72. The predicted molar refractivity (Wildman–Crippen MR) is 121 cm³/mol. The number of aromatic nitrogens is 1. The summed E-state index contributed by atoms with van der Waals surface area (Å²) in [6.45, 7) is 1.56. The average Bonchev–Trinajstić information content (AvgIpc) is 3.46. The van der Waals surface area contributed by atoms with E-state index >= 15 is 0 Å². The Labute approximate surface area is 187 Å². The Hall–Kier alpha value is -3.10. The quantitative estimate of drug-likeness (QED) is 0.292. The molecule has 0 aliphatic carbocycles. The Morgan fingerprint density at radius 1 is 1.13 bits per heavy atom. The van der Waals surface area contributed by atoms with Crippen LogP contribution in [-0.4, -0.2) is 23.5 Å². The molecule has 1 unspecified atom stereocenters. The molecule has 0 fully saturated rings. The zero-order chi connectivity index (χ0) is 21.6. The number of fused-ring (bicyclic) bond motifs is 1. The highest BCUT2D eigenvalue weighted by Gasteiger charge is 2.17. The van der Waals surface area contributed by atoms with Gasteiger partial charge in [0.2, 0.25) is 0 Å². The van der Waals surface area contributed by atoms with E-state index in [4.69, 9.17) is 9.15 Å². The molecule has 6 nitrogen and oxygen atoms in total. The number of hydrogen-bond acceptors (Lipinski definition) is 7. The monoisotopic (exact) mass is 452 g/mol. The Morgan fingerprint density at radius 2 is 1.94 bits per heavy atom. The van der Waals surface area contributed by atoms with E-state index in [0.29, 0.717) is 16.5 Å². The van der Waals surface area contributed by atoms with Gasteiger partial charge in [-0.1, -0.05) is 48.2 Å². The van der Waals surface area contributed by atoms with Gasteiger partial charge in [0, 0.05) is 10.6 Å². The van der Waals surface area contributed by atoms with E-state index in [9.17, 15) is 9.59 Å². The number of nitrogens with zero attached hydrogens (tertiary/aromatic N) is 1. The summed E-state index contributed by atoms with van der Waals surface area (Å²) >= 11 is 2.96. The normalized spacial score (nSPS) is 11.9. The number of ether oxygens (including phenoxy) is 1. The molecule has 2 heterocycles. The number of benzene rings is 2. The minimum Gasteiger partial charge on any atom is -0.452 e. The number of nitrogens with one attached hydrogen (secondary N) is 1. The van der Waals surface area contributed by atoms with Crippen LogP contribution in [0.3, 0.4) is 0 Å². The molecule has 0 spiro atoms. The van der Waals surface area contributed by atoms with Gasteiger partial charge >= 0.3 is 5.97 Å². The SMILES string of the molecule is CC(NC(=O)COC(=O)c1ccccc1CSc1nc2ccccc2o1)c1cccs1. The Kier molecular flexibility index (Phi) is 6.69. The van der Waals surface area contributed by atoms with E-state index in [-0.39, 0.29) is 18.6 Å². The molecule has 2 aromatic heterocycles. The van der Waals surface area contributed by atoms with Crippen molar-refractivity contribution in [3.05, 3.63) is 82.0 Å². The van der Waals surface area contributed by atoms with Crippen LogP contribution in [0.25, 0.3) is 11.1 Å². The van der Waals surface area contributed by atoms with Crippen molar-refractivity contribution in [2.24, 2.45) is 0 Å². The molecular weight excluding hydrogens is 432 g/mol. The largest absolute Gasteiger partial charge is 0.452 e. The lowest BCUT2D eigenvalue weighted by atomic mass is 10.1. The third-order valence-corrected chi connectivity index (χ3v) is 6.48. The molecule has 1 N–H and O–H groups in total. The highest BCUT2D eigenvalue weighted by atomic mass is 32.2. The van der Waals surface area contributed by atoms with Crippen LogP contribution in [0.1, 0.15) is 33.8 Å². The van der Waals surface area contributed by atoms with E-state index in [1.54, 1.807) is 23.5 Å². The van der Waals surface area contributed by atoms with Crippen LogP contribution in [0.2, 0.25) is 0 Å². The van der Waals surface area contributed by atoms with Crippen LogP contribution in [0, 0.1) is 0 Å². The van der Waals surface area contributed by atoms with E-state index in [0.717, 1.165) is 21.5 Å². The van der Waals surface area contributed by atoms with Crippen molar-refractivity contribution in [2.45, 2.75) is 23.9 Å². The van der Waals surface area contributed by atoms with Gasteiger partial charge in [-0.25, -0.2) is 9.78 Å². The minimum absolute atomic E-state index is 0.133. The van der Waals surface area contributed by atoms with Crippen LogP contribution < -0.4 is 5.32 Å². The molecule has 0 saturated carbocycles. The van der Waals surface area contributed by atoms with Crippen molar-refractivity contribution in [2.75, 3.05) is 6.61 Å². The lowest BCUT2D eigenvalue weighted by Gasteiger charge is -2.13. The molecule has 31 heavy (non-hydrogen) atoms. The van der Waals surface area contributed by atoms with Crippen molar-refractivity contribution in [3.63, 3.8) is 0 Å². The van der Waals surface area contributed by atoms with Crippen LogP contribution in [0.15, 0.2) is 75.7 Å². The summed E-state index contributed by atoms with van der Waals surface area (Å²) in [5.74, 6) is -0.389. The van der Waals surface area contributed by atoms with Gasteiger partial charge in [-0.05, 0) is 42.1 Å². The highest BCUT2D eigenvalue weighted by Crippen LogP contribution is 2.27. The average molecular weight is 453 g/mol. The van der Waals surface area contributed by atoms with Crippen molar-refractivity contribution in [1.82, 2.24) is 10.3 Å². The van der Waals surface area contributed by atoms with Gasteiger partial charge in [-0.15, -0.1) is 11.3 Å². The third kappa shape index (κ3) is 5.34. The van der Waals surface area contributed by atoms with Gasteiger partial charge in [0.1, 0.15) is 5.52 Å². The summed E-state index contributed by atoms with van der Waals surface area (Å²) in [6.07, 6.45) is 0. The zero-order valence-electron chi connectivity index (χ0n) is 16.7. The molecule has 1 atom stereocenters. The number of para-hydroxylation sites is 2. The summed E-state index contributed by atoms with van der Waals surface area (Å²) < 4.78 is 11.0. The minimum atomic E-state index is -0.535. The Morgan fingerprint density at radius 3 is 2.74 bits per heavy atom. The fraction of sp³-hybridized carbons (Fsp3) is 0.174. The second-order valence-electron chi connectivity index (χ2n) is 6.77. The number of hydrogen-bond donors (Lipinski definition) is 1. The van der Waals surface area contributed by atoms with Gasteiger partial charge in [-0.3, -0.25) is 4.79 Å². The van der Waals surface area contributed by atoms with Crippen molar-refractivity contribution >= 4 is 46.1 Å². The molecule has 0 aliphatic heterocycles. The lowest BCUT2D eigenvalue weighted by Crippen LogP contribution is -2.30.